The van der Waals surface area contributed by atoms with Gasteiger partial charge in [0.1, 0.15) is 16.4 Å². The molecule has 0 rings (SSSR count). The van der Waals surface area contributed by atoms with Gasteiger partial charge in [0.05, 0.1) is 18.1 Å². The summed E-state index contributed by atoms with van der Waals surface area (Å²) >= 11 is 0. The Hall–Kier alpha value is -0.930. The Morgan fingerprint density at radius 2 is 1.84 bits per heavy atom. The zero-order chi connectivity index (χ0) is 15.1. The van der Waals surface area contributed by atoms with E-state index in [1.165, 1.54) is 6.08 Å². The van der Waals surface area contributed by atoms with Crippen molar-refractivity contribution in [2.24, 2.45) is 0 Å². The first-order valence-corrected chi connectivity index (χ1v) is 9.21. The number of hydrogen-bond acceptors (Lipinski definition) is 6. The van der Waals surface area contributed by atoms with E-state index in [0.29, 0.717) is 0 Å². The summed E-state index contributed by atoms with van der Waals surface area (Å²) in [5.74, 6) is -1.75. The van der Waals surface area contributed by atoms with Gasteiger partial charge in [0.15, 0.2) is 0 Å². The molecule has 0 aliphatic heterocycles. The predicted molar refractivity (Wildman–Crippen MR) is 71.9 cm³/mol. The van der Waals surface area contributed by atoms with Crippen LogP contribution in [0.3, 0.4) is 0 Å². The fraction of sp³-hybridized carbons (Fsp3) is 0.700. The summed E-state index contributed by atoms with van der Waals surface area (Å²) < 4.78 is 51.3. The number of esters is 1. The number of rotatable bonds is 9. The van der Waals surface area contributed by atoms with Crippen LogP contribution < -0.4 is 0 Å². The lowest BCUT2D eigenvalue weighted by atomic mass is 10.5. The van der Waals surface area contributed by atoms with Crippen LogP contribution >= 0.6 is 0 Å². The molecule has 0 bridgehead atoms. The third-order valence-electron chi connectivity index (χ3n) is 2.05. The van der Waals surface area contributed by atoms with E-state index in [0.717, 1.165) is 10.6 Å². The molecule has 7 nitrogen and oxygen atoms in total. The minimum atomic E-state index is -3.85. The van der Waals surface area contributed by atoms with Gasteiger partial charge in [0.25, 0.3) is 0 Å². The highest BCUT2D eigenvalue weighted by Crippen LogP contribution is 2.04. The Labute approximate surface area is 114 Å². The Morgan fingerprint density at radius 3 is 2.26 bits per heavy atom. The van der Waals surface area contributed by atoms with Gasteiger partial charge in [-0.05, 0) is 6.92 Å². The van der Waals surface area contributed by atoms with Crippen molar-refractivity contribution in [2.75, 3.05) is 37.5 Å². The molecule has 0 aliphatic rings. The number of ether oxygens (including phenoxy) is 1. The lowest BCUT2D eigenvalue weighted by Gasteiger charge is -2.19. The summed E-state index contributed by atoms with van der Waals surface area (Å²) in [6.45, 7) is 4.62. The second-order valence-corrected chi connectivity index (χ2v) is 8.18. The lowest BCUT2D eigenvalue weighted by Crippen LogP contribution is -2.39. The van der Waals surface area contributed by atoms with Gasteiger partial charge >= 0.3 is 5.97 Å². The normalized spacial score (nSPS) is 12.4. The zero-order valence-corrected chi connectivity index (χ0v) is 12.7. The predicted octanol–water partition coefficient (Wildman–Crippen LogP) is -0.588. The highest BCUT2D eigenvalue weighted by molar-refractivity contribution is 7.93. The van der Waals surface area contributed by atoms with Crippen LogP contribution in [-0.2, 0) is 29.4 Å². The first kappa shape index (κ1) is 18.1. The monoisotopic (exact) mass is 313 g/mol. The van der Waals surface area contributed by atoms with Crippen LogP contribution in [-0.4, -0.2) is 64.6 Å². The van der Waals surface area contributed by atoms with Crippen molar-refractivity contribution in [3.05, 3.63) is 12.7 Å². The van der Waals surface area contributed by atoms with E-state index in [1.807, 2.05) is 0 Å². The van der Waals surface area contributed by atoms with Gasteiger partial charge in [0.2, 0.25) is 10.0 Å². The first-order valence-electron chi connectivity index (χ1n) is 5.54. The first-order chi connectivity index (χ1) is 8.62. The van der Waals surface area contributed by atoms with E-state index in [-0.39, 0.29) is 13.2 Å². The van der Waals surface area contributed by atoms with E-state index in [1.54, 1.807) is 6.92 Å². The van der Waals surface area contributed by atoms with Crippen LogP contribution in [0.15, 0.2) is 12.7 Å². The van der Waals surface area contributed by atoms with E-state index in [9.17, 15) is 21.6 Å². The molecule has 0 radical (unpaired) electrons. The summed E-state index contributed by atoms with van der Waals surface area (Å²) in [6.07, 6.45) is 2.27. The molecule has 0 aliphatic carbocycles. The molecular weight excluding hydrogens is 294 g/mol. The Bertz CT molecular complexity index is 508. The van der Waals surface area contributed by atoms with Crippen LogP contribution in [0.25, 0.3) is 0 Å². The average Bonchev–Trinajstić information content (AvgIpc) is 2.25. The van der Waals surface area contributed by atoms with Gasteiger partial charge in [0, 0.05) is 12.8 Å². The number of nitrogens with zero attached hydrogens (tertiary/aromatic N) is 1. The zero-order valence-electron chi connectivity index (χ0n) is 11.0. The summed E-state index contributed by atoms with van der Waals surface area (Å²) in [5.41, 5.74) is 0. The van der Waals surface area contributed by atoms with Crippen molar-refractivity contribution in [3.63, 3.8) is 0 Å². The Kier molecular flexibility index (Phi) is 7.24. The molecular formula is C10H19NO6S2. The molecule has 0 aromatic heterocycles. The molecule has 0 unspecified atom stereocenters. The molecule has 0 fully saturated rings. The quantitative estimate of drug-likeness (QED) is 0.417. The van der Waals surface area contributed by atoms with Crippen LogP contribution in [0.5, 0.6) is 0 Å². The maximum Gasteiger partial charge on any atom is 0.321 e. The number of hydrogen-bond donors (Lipinski definition) is 0. The van der Waals surface area contributed by atoms with Crippen molar-refractivity contribution in [2.45, 2.75) is 6.92 Å². The van der Waals surface area contributed by atoms with Crippen molar-refractivity contribution in [1.29, 1.82) is 0 Å². The van der Waals surface area contributed by atoms with Crippen molar-refractivity contribution in [3.8, 4) is 0 Å². The Morgan fingerprint density at radius 1 is 1.26 bits per heavy atom. The summed E-state index contributed by atoms with van der Waals surface area (Å²) in [7, 11) is -7.24. The van der Waals surface area contributed by atoms with Gasteiger partial charge in [-0.3, -0.25) is 4.79 Å². The van der Waals surface area contributed by atoms with Crippen molar-refractivity contribution in [1.82, 2.24) is 4.31 Å². The maximum atomic E-state index is 11.9. The van der Waals surface area contributed by atoms with E-state index in [4.69, 9.17) is 0 Å². The third-order valence-corrected chi connectivity index (χ3v) is 5.04. The SMILES string of the molecule is C=CCN(CC(=O)OCC)S(=O)(=O)CCS(C)(=O)=O. The molecule has 19 heavy (non-hydrogen) atoms. The number of sulfone groups is 1. The summed E-state index contributed by atoms with van der Waals surface area (Å²) in [5, 5.41) is 0. The fourth-order valence-electron chi connectivity index (χ4n) is 1.16. The van der Waals surface area contributed by atoms with Crippen LogP contribution in [0.4, 0.5) is 0 Å². The van der Waals surface area contributed by atoms with Crippen LogP contribution in [0.1, 0.15) is 6.92 Å². The molecule has 0 aromatic rings. The number of carbonyl (C=O) groups is 1. The second kappa shape index (κ2) is 7.61. The number of carbonyl (C=O) groups excluding carboxylic acids is 1. The molecule has 0 aromatic carbocycles. The molecule has 0 atom stereocenters. The van der Waals surface area contributed by atoms with Gasteiger partial charge in [-0.15, -0.1) is 6.58 Å². The molecule has 0 spiro atoms. The van der Waals surface area contributed by atoms with Gasteiger partial charge in [-0.25, -0.2) is 16.8 Å². The molecule has 0 saturated carbocycles. The summed E-state index contributed by atoms with van der Waals surface area (Å²) in [4.78, 5) is 11.3. The van der Waals surface area contributed by atoms with Crippen molar-refractivity contribution < 1.29 is 26.4 Å². The van der Waals surface area contributed by atoms with Crippen molar-refractivity contribution >= 4 is 25.8 Å². The van der Waals surface area contributed by atoms with E-state index >= 15 is 0 Å². The minimum Gasteiger partial charge on any atom is -0.465 e. The smallest absolute Gasteiger partial charge is 0.321 e. The van der Waals surface area contributed by atoms with Gasteiger partial charge in [-0.1, -0.05) is 6.08 Å². The topological polar surface area (TPSA) is 97.8 Å². The third kappa shape index (κ3) is 7.96. The lowest BCUT2D eigenvalue weighted by molar-refractivity contribution is -0.143. The summed E-state index contributed by atoms with van der Waals surface area (Å²) in [6, 6.07) is 0. The van der Waals surface area contributed by atoms with Gasteiger partial charge < -0.3 is 4.74 Å². The van der Waals surface area contributed by atoms with Crippen LogP contribution in [0.2, 0.25) is 0 Å². The second-order valence-electron chi connectivity index (χ2n) is 3.83. The molecule has 112 valence electrons. The molecule has 0 amide bonds. The fourth-order valence-corrected chi connectivity index (χ4v) is 4.10. The molecule has 0 saturated heterocycles. The highest BCUT2D eigenvalue weighted by Gasteiger charge is 2.25. The molecule has 9 heteroatoms. The average molecular weight is 313 g/mol. The van der Waals surface area contributed by atoms with E-state index in [2.05, 4.69) is 11.3 Å². The van der Waals surface area contributed by atoms with E-state index < -0.39 is 43.9 Å². The standard InChI is InChI=1S/C10H19NO6S2/c1-4-6-11(9-10(12)17-5-2)19(15,16)8-7-18(3,13)14/h4H,1,5-9H2,2-3H3. The van der Waals surface area contributed by atoms with Crippen LogP contribution in [0, 0.1) is 0 Å². The minimum absolute atomic E-state index is 0.0785. The highest BCUT2D eigenvalue weighted by atomic mass is 32.2. The van der Waals surface area contributed by atoms with Gasteiger partial charge in [-0.2, -0.15) is 4.31 Å². The Balaban J connectivity index is 4.84. The molecule has 0 heterocycles. The molecule has 0 N–H and O–H groups in total. The maximum absolute atomic E-state index is 11.9. The number of sulfonamides is 1. The largest absolute Gasteiger partial charge is 0.465 e.